The monoisotopic (exact) mass is 317 g/mol. The first kappa shape index (κ1) is 15.9. The molecule has 1 aliphatic carbocycles. The zero-order valence-corrected chi connectivity index (χ0v) is 12.8. The zero-order valence-electron chi connectivity index (χ0n) is 12.0. The van der Waals surface area contributed by atoms with Gasteiger partial charge in [-0.1, -0.05) is 12.8 Å². The molecule has 1 aromatic heterocycles. The van der Waals surface area contributed by atoms with E-state index >= 15 is 0 Å². The zero-order chi connectivity index (χ0) is 15.8. The lowest BCUT2D eigenvalue weighted by Gasteiger charge is -2.27. The predicted molar refractivity (Wildman–Crippen MR) is 73.5 cm³/mol. The standard InChI is InChI=1S/C12H19N3O5S/c1-8-9(11(16)17)10(14-13-8)21(19,20)15(2)7-12(18)5-3-4-6-12/h18H,3-7H2,1-2H3,(H,13,14)(H,16,17). The maximum Gasteiger partial charge on any atom is 0.340 e. The Hall–Kier alpha value is -1.45. The van der Waals surface area contributed by atoms with Crippen molar-refractivity contribution < 1.29 is 23.4 Å². The van der Waals surface area contributed by atoms with Crippen LogP contribution in [-0.4, -0.2) is 58.3 Å². The molecule has 1 heterocycles. The molecular formula is C12H19N3O5S. The van der Waals surface area contributed by atoms with Crippen LogP contribution in [0.15, 0.2) is 5.03 Å². The average Bonchev–Trinajstić information content (AvgIpc) is 2.95. The fourth-order valence-electron chi connectivity index (χ4n) is 2.68. The van der Waals surface area contributed by atoms with Crippen molar-refractivity contribution >= 4 is 16.0 Å². The third-order valence-electron chi connectivity index (χ3n) is 3.83. The van der Waals surface area contributed by atoms with Gasteiger partial charge in [-0.25, -0.2) is 13.2 Å². The quantitative estimate of drug-likeness (QED) is 0.719. The van der Waals surface area contributed by atoms with Gasteiger partial charge in [0.1, 0.15) is 5.56 Å². The lowest BCUT2D eigenvalue weighted by Crippen LogP contribution is -2.42. The smallest absolute Gasteiger partial charge is 0.340 e. The van der Waals surface area contributed by atoms with E-state index in [1.807, 2.05) is 0 Å². The van der Waals surface area contributed by atoms with Crippen LogP contribution >= 0.6 is 0 Å². The van der Waals surface area contributed by atoms with E-state index in [2.05, 4.69) is 10.2 Å². The Morgan fingerprint density at radius 3 is 2.52 bits per heavy atom. The van der Waals surface area contributed by atoms with Gasteiger partial charge in [0, 0.05) is 19.3 Å². The molecule has 0 atom stereocenters. The Morgan fingerprint density at radius 2 is 2.00 bits per heavy atom. The van der Waals surface area contributed by atoms with Crippen molar-refractivity contribution in [1.29, 1.82) is 0 Å². The number of aliphatic hydroxyl groups is 1. The summed E-state index contributed by atoms with van der Waals surface area (Å²) in [6.07, 6.45) is 2.79. The molecule has 0 radical (unpaired) electrons. The molecular weight excluding hydrogens is 298 g/mol. The highest BCUT2D eigenvalue weighted by Crippen LogP contribution is 2.31. The molecule has 0 aliphatic heterocycles. The molecule has 0 saturated heterocycles. The van der Waals surface area contributed by atoms with E-state index in [4.69, 9.17) is 5.11 Å². The number of sulfonamides is 1. The number of H-pyrrole nitrogens is 1. The van der Waals surface area contributed by atoms with Gasteiger partial charge in [0.15, 0.2) is 0 Å². The highest BCUT2D eigenvalue weighted by molar-refractivity contribution is 7.89. The molecule has 1 fully saturated rings. The van der Waals surface area contributed by atoms with Gasteiger partial charge < -0.3 is 10.2 Å². The summed E-state index contributed by atoms with van der Waals surface area (Å²) in [6.45, 7) is 1.38. The minimum Gasteiger partial charge on any atom is -0.478 e. The predicted octanol–water partition coefficient (Wildman–Crippen LogP) is 0.342. The van der Waals surface area contributed by atoms with Gasteiger partial charge in [-0.05, 0) is 19.8 Å². The Bertz CT molecular complexity index is 646. The first-order valence-electron chi connectivity index (χ1n) is 6.64. The van der Waals surface area contributed by atoms with E-state index < -0.39 is 26.6 Å². The number of aromatic amines is 1. The van der Waals surface area contributed by atoms with Crippen LogP contribution in [0, 0.1) is 6.92 Å². The summed E-state index contributed by atoms with van der Waals surface area (Å²) < 4.78 is 25.9. The topological polar surface area (TPSA) is 124 Å². The summed E-state index contributed by atoms with van der Waals surface area (Å²) in [6, 6.07) is 0. The molecule has 1 aliphatic rings. The maximum atomic E-state index is 12.5. The van der Waals surface area contributed by atoms with Gasteiger partial charge >= 0.3 is 5.97 Å². The number of nitrogens with zero attached hydrogens (tertiary/aromatic N) is 2. The lowest BCUT2D eigenvalue weighted by molar-refractivity contribution is 0.0333. The third kappa shape index (κ3) is 2.94. The molecule has 0 bridgehead atoms. The molecule has 9 heteroatoms. The SMILES string of the molecule is Cc1[nH]nc(S(=O)(=O)N(C)CC2(O)CCCC2)c1C(=O)O. The molecule has 1 aromatic rings. The maximum absolute atomic E-state index is 12.5. The van der Waals surface area contributed by atoms with E-state index in [1.165, 1.54) is 14.0 Å². The first-order valence-corrected chi connectivity index (χ1v) is 8.08. The van der Waals surface area contributed by atoms with Crippen LogP contribution in [-0.2, 0) is 10.0 Å². The average molecular weight is 317 g/mol. The number of likely N-dealkylation sites (N-methyl/N-ethyl adjacent to an activating group) is 1. The number of nitrogens with one attached hydrogen (secondary N) is 1. The molecule has 3 N–H and O–H groups in total. The van der Waals surface area contributed by atoms with Crippen molar-refractivity contribution in [3.05, 3.63) is 11.3 Å². The fourth-order valence-corrected chi connectivity index (χ4v) is 4.05. The van der Waals surface area contributed by atoms with Crippen LogP contribution in [0.3, 0.4) is 0 Å². The number of aromatic carboxylic acids is 1. The molecule has 0 aromatic carbocycles. The molecule has 0 amide bonds. The summed E-state index contributed by atoms with van der Waals surface area (Å²) >= 11 is 0. The van der Waals surface area contributed by atoms with Crippen LogP contribution in [0.2, 0.25) is 0 Å². The Balaban J connectivity index is 2.31. The van der Waals surface area contributed by atoms with E-state index in [-0.39, 0.29) is 17.8 Å². The summed E-state index contributed by atoms with van der Waals surface area (Å²) in [5, 5.41) is 24.9. The van der Waals surface area contributed by atoms with Gasteiger partial charge in [-0.3, -0.25) is 5.10 Å². The Labute approximate surface area is 122 Å². The van der Waals surface area contributed by atoms with Crippen molar-refractivity contribution in [2.45, 2.75) is 43.2 Å². The molecule has 2 rings (SSSR count). The molecule has 118 valence electrons. The van der Waals surface area contributed by atoms with Gasteiger partial charge in [0.25, 0.3) is 10.0 Å². The molecule has 8 nitrogen and oxygen atoms in total. The number of carboxylic acid groups (broad SMARTS) is 1. The normalized spacial score (nSPS) is 18.3. The fraction of sp³-hybridized carbons (Fsp3) is 0.667. The van der Waals surface area contributed by atoms with Crippen molar-refractivity contribution in [3.8, 4) is 0 Å². The summed E-state index contributed by atoms with van der Waals surface area (Å²) in [4.78, 5) is 11.2. The van der Waals surface area contributed by atoms with Gasteiger partial charge in [0.05, 0.1) is 5.60 Å². The van der Waals surface area contributed by atoms with E-state index in [0.717, 1.165) is 17.1 Å². The second-order valence-electron chi connectivity index (χ2n) is 5.53. The minimum atomic E-state index is -4.07. The largest absolute Gasteiger partial charge is 0.478 e. The highest BCUT2D eigenvalue weighted by Gasteiger charge is 2.38. The Kier molecular flexibility index (Phi) is 4.09. The summed E-state index contributed by atoms with van der Waals surface area (Å²) in [5.41, 5.74) is -1.23. The van der Waals surface area contributed by atoms with Crippen molar-refractivity contribution in [2.24, 2.45) is 0 Å². The van der Waals surface area contributed by atoms with E-state index in [9.17, 15) is 18.3 Å². The van der Waals surface area contributed by atoms with Crippen LogP contribution in [0.25, 0.3) is 0 Å². The van der Waals surface area contributed by atoms with Gasteiger partial charge in [-0.15, -0.1) is 0 Å². The van der Waals surface area contributed by atoms with Crippen molar-refractivity contribution in [3.63, 3.8) is 0 Å². The summed E-state index contributed by atoms with van der Waals surface area (Å²) in [7, 11) is -2.75. The van der Waals surface area contributed by atoms with E-state index in [1.54, 1.807) is 0 Å². The number of aryl methyl sites for hydroxylation is 1. The number of carbonyl (C=O) groups is 1. The van der Waals surface area contributed by atoms with Crippen molar-refractivity contribution in [2.75, 3.05) is 13.6 Å². The van der Waals surface area contributed by atoms with Crippen LogP contribution in [0.5, 0.6) is 0 Å². The van der Waals surface area contributed by atoms with Crippen molar-refractivity contribution in [1.82, 2.24) is 14.5 Å². The van der Waals surface area contributed by atoms with Crippen LogP contribution in [0.4, 0.5) is 0 Å². The lowest BCUT2D eigenvalue weighted by atomic mass is 10.0. The van der Waals surface area contributed by atoms with Crippen LogP contribution in [0.1, 0.15) is 41.7 Å². The third-order valence-corrected chi connectivity index (χ3v) is 5.57. The second-order valence-corrected chi connectivity index (χ2v) is 7.49. The molecule has 21 heavy (non-hydrogen) atoms. The highest BCUT2D eigenvalue weighted by atomic mass is 32.2. The minimum absolute atomic E-state index is 0.0691. The number of rotatable bonds is 5. The molecule has 0 spiro atoms. The number of aromatic nitrogens is 2. The van der Waals surface area contributed by atoms with Gasteiger partial charge in [0.2, 0.25) is 5.03 Å². The molecule has 1 saturated carbocycles. The van der Waals surface area contributed by atoms with Gasteiger partial charge in [-0.2, -0.15) is 9.40 Å². The number of hydrogen-bond acceptors (Lipinski definition) is 5. The number of hydrogen-bond donors (Lipinski definition) is 3. The van der Waals surface area contributed by atoms with E-state index in [0.29, 0.717) is 12.8 Å². The second kappa shape index (κ2) is 5.39. The summed E-state index contributed by atoms with van der Waals surface area (Å²) in [5.74, 6) is -1.35. The van der Waals surface area contributed by atoms with Crippen LogP contribution < -0.4 is 0 Å². The first-order chi connectivity index (χ1) is 9.67. The number of carboxylic acids is 1. The molecule has 0 unspecified atom stereocenters. The Morgan fingerprint density at radius 1 is 1.43 bits per heavy atom.